The van der Waals surface area contributed by atoms with Crippen LogP contribution in [0.2, 0.25) is 0 Å². The molecule has 3 aromatic rings. The number of ether oxygens (including phenoxy) is 1. The van der Waals surface area contributed by atoms with Crippen molar-refractivity contribution in [1.29, 1.82) is 0 Å². The summed E-state index contributed by atoms with van der Waals surface area (Å²) < 4.78 is 59.3. The average molecular weight is 532 g/mol. The van der Waals surface area contributed by atoms with Gasteiger partial charge in [-0.2, -0.15) is 0 Å². The second kappa shape index (κ2) is 11.0. The third kappa shape index (κ3) is 6.76. The van der Waals surface area contributed by atoms with E-state index in [2.05, 4.69) is 10.0 Å². The topological polar surface area (TPSA) is 122 Å². The molecule has 0 aliphatic heterocycles. The van der Waals surface area contributed by atoms with Gasteiger partial charge in [-0.15, -0.1) is 0 Å². The summed E-state index contributed by atoms with van der Waals surface area (Å²) in [7, 11) is -7.62. The van der Waals surface area contributed by atoms with Crippen LogP contribution in [0.1, 0.15) is 19.4 Å². The van der Waals surface area contributed by atoms with Gasteiger partial charge in [0.15, 0.2) is 0 Å². The molecule has 1 atom stereocenters. The van der Waals surface area contributed by atoms with Crippen LogP contribution in [0, 0.1) is 6.92 Å². The fourth-order valence-electron chi connectivity index (χ4n) is 3.55. The first-order valence-corrected chi connectivity index (χ1v) is 14.5. The molecule has 1 amide bonds. The second-order valence-electron chi connectivity index (χ2n) is 8.15. The number of amides is 1. The van der Waals surface area contributed by atoms with E-state index in [0.717, 1.165) is 16.1 Å². The molecular weight excluding hydrogens is 502 g/mol. The summed E-state index contributed by atoms with van der Waals surface area (Å²) in [5.74, 6) is 0.00142. The third-order valence-electron chi connectivity index (χ3n) is 5.19. The molecule has 192 valence electrons. The van der Waals surface area contributed by atoms with Crippen molar-refractivity contribution in [3.05, 3.63) is 78.4 Å². The van der Waals surface area contributed by atoms with Crippen molar-refractivity contribution in [3.63, 3.8) is 0 Å². The Bertz CT molecular complexity index is 1420. The van der Waals surface area contributed by atoms with Crippen LogP contribution >= 0.6 is 0 Å². The highest BCUT2D eigenvalue weighted by atomic mass is 32.2. The normalized spacial score (nSPS) is 12.4. The van der Waals surface area contributed by atoms with Gasteiger partial charge in [-0.05, 0) is 87.0 Å². The molecule has 0 unspecified atom stereocenters. The van der Waals surface area contributed by atoms with Crippen LogP contribution in [0.5, 0.6) is 5.75 Å². The van der Waals surface area contributed by atoms with E-state index in [4.69, 9.17) is 4.74 Å². The largest absolute Gasteiger partial charge is 0.494 e. The van der Waals surface area contributed by atoms with Gasteiger partial charge in [0, 0.05) is 11.4 Å². The molecule has 36 heavy (non-hydrogen) atoms. The van der Waals surface area contributed by atoms with E-state index in [1.165, 1.54) is 31.2 Å². The lowest BCUT2D eigenvalue weighted by atomic mass is 10.2. The Hall–Kier alpha value is -3.57. The van der Waals surface area contributed by atoms with Gasteiger partial charge in [0.25, 0.3) is 10.0 Å². The molecule has 0 radical (unpaired) electrons. The fraction of sp³-hybridized carbons (Fsp3) is 0.240. The van der Waals surface area contributed by atoms with E-state index in [9.17, 15) is 21.6 Å². The van der Waals surface area contributed by atoms with Crippen molar-refractivity contribution in [2.75, 3.05) is 27.2 Å². The molecule has 0 bridgehead atoms. The number of nitrogens with zero attached hydrogens (tertiary/aromatic N) is 1. The van der Waals surface area contributed by atoms with Gasteiger partial charge in [-0.1, -0.05) is 12.1 Å². The minimum absolute atomic E-state index is 0.0159. The number of benzene rings is 3. The summed E-state index contributed by atoms with van der Waals surface area (Å²) in [6, 6.07) is 17.9. The maximum atomic E-state index is 12.9. The number of hydrogen-bond donors (Lipinski definition) is 2. The fourth-order valence-corrected chi connectivity index (χ4v) is 5.78. The molecule has 0 spiro atoms. The summed E-state index contributed by atoms with van der Waals surface area (Å²) in [4.78, 5) is 12.9. The molecule has 9 nitrogen and oxygen atoms in total. The van der Waals surface area contributed by atoms with Crippen LogP contribution in [0.4, 0.5) is 17.1 Å². The standard InChI is InChI=1S/C25H29N3O6S2/c1-5-34-23-13-11-22(12-14-23)28(35(4,30)31)19(3)25(29)26-20-9-15-24(16-10-20)36(32,33)27-21-8-6-7-18(2)17-21/h6-17,19,27H,5H2,1-4H3,(H,26,29)/t19-/m0/s1. The van der Waals surface area contributed by atoms with Gasteiger partial charge < -0.3 is 10.1 Å². The van der Waals surface area contributed by atoms with Gasteiger partial charge >= 0.3 is 0 Å². The summed E-state index contributed by atoms with van der Waals surface area (Å²) in [5, 5.41) is 2.65. The maximum absolute atomic E-state index is 12.9. The Morgan fingerprint density at radius 3 is 2.14 bits per heavy atom. The lowest BCUT2D eigenvalue weighted by molar-refractivity contribution is -0.116. The number of anilines is 3. The van der Waals surface area contributed by atoms with Crippen LogP contribution in [-0.2, 0) is 24.8 Å². The zero-order valence-electron chi connectivity index (χ0n) is 20.4. The Morgan fingerprint density at radius 1 is 0.944 bits per heavy atom. The molecule has 11 heteroatoms. The maximum Gasteiger partial charge on any atom is 0.261 e. The predicted octanol–water partition coefficient (Wildman–Crippen LogP) is 3.99. The zero-order valence-corrected chi connectivity index (χ0v) is 22.1. The van der Waals surface area contributed by atoms with Gasteiger partial charge in [0.2, 0.25) is 15.9 Å². The Morgan fingerprint density at radius 2 is 1.58 bits per heavy atom. The van der Waals surface area contributed by atoms with Crippen molar-refractivity contribution in [2.24, 2.45) is 0 Å². The van der Waals surface area contributed by atoms with Gasteiger partial charge in [0.1, 0.15) is 11.8 Å². The number of carbonyl (C=O) groups excluding carboxylic acids is 1. The molecule has 0 aliphatic carbocycles. The minimum atomic E-state index is -3.83. The predicted molar refractivity (Wildman–Crippen MR) is 141 cm³/mol. The number of aryl methyl sites for hydroxylation is 1. The second-order valence-corrected chi connectivity index (χ2v) is 11.7. The van der Waals surface area contributed by atoms with E-state index in [1.807, 2.05) is 19.9 Å². The van der Waals surface area contributed by atoms with Crippen molar-refractivity contribution < 1.29 is 26.4 Å². The molecule has 0 aliphatic rings. The molecule has 0 aromatic heterocycles. The molecule has 0 saturated carbocycles. The smallest absolute Gasteiger partial charge is 0.261 e. The molecule has 0 saturated heterocycles. The summed E-state index contributed by atoms with van der Waals surface area (Å²) in [5.41, 5.74) is 1.99. The summed E-state index contributed by atoms with van der Waals surface area (Å²) >= 11 is 0. The zero-order chi connectivity index (χ0) is 26.5. The van der Waals surface area contributed by atoms with Crippen LogP contribution in [0.25, 0.3) is 0 Å². The van der Waals surface area contributed by atoms with E-state index in [1.54, 1.807) is 42.5 Å². The Kier molecular flexibility index (Phi) is 8.26. The first kappa shape index (κ1) is 27.0. The molecule has 3 rings (SSSR count). The SMILES string of the molecule is CCOc1ccc(N([C@@H](C)C(=O)Nc2ccc(S(=O)(=O)Nc3cccc(C)c3)cc2)S(C)(=O)=O)cc1. The first-order chi connectivity index (χ1) is 16.9. The van der Waals surface area contributed by atoms with Crippen molar-refractivity contribution in [1.82, 2.24) is 0 Å². The molecule has 0 fully saturated rings. The van der Waals surface area contributed by atoms with E-state index < -0.39 is 32.0 Å². The lowest BCUT2D eigenvalue weighted by Crippen LogP contribution is -2.45. The van der Waals surface area contributed by atoms with E-state index in [0.29, 0.717) is 29.4 Å². The summed E-state index contributed by atoms with van der Waals surface area (Å²) in [6.45, 7) is 5.64. The highest BCUT2D eigenvalue weighted by Gasteiger charge is 2.29. The number of carbonyl (C=O) groups is 1. The third-order valence-corrected chi connectivity index (χ3v) is 7.83. The highest BCUT2D eigenvalue weighted by molar-refractivity contribution is 7.92. The minimum Gasteiger partial charge on any atom is -0.494 e. The van der Waals surface area contributed by atoms with Gasteiger partial charge in [-0.25, -0.2) is 16.8 Å². The van der Waals surface area contributed by atoms with Gasteiger partial charge in [-0.3, -0.25) is 13.8 Å². The van der Waals surface area contributed by atoms with Gasteiger partial charge in [0.05, 0.1) is 23.4 Å². The van der Waals surface area contributed by atoms with Crippen LogP contribution < -0.4 is 19.1 Å². The average Bonchev–Trinajstić information content (AvgIpc) is 2.79. The molecule has 2 N–H and O–H groups in total. The Balaban J connectivity index is 1.75. The number of rotatable bonds is 10. The first-order valence-electron chi connectivity index (χ1n) is 11.1. The van der Waals surface area contributed by atoms with E-state index >= 15 is 0 Å². The summed E-state index contributed by atoms with van der Waals surface area (Å²) in [6.07, 6.45) is 1.02. The van der Waals surface area contributed by atoms with Crippen molar-refractivity contribution in [2.45, 2.75) is 31.7 Å². The van der Waals surface area contributed by atoms with Crippen LogP contribution in [-0.4, -0.2) is 41.6 Å². The Labute approximate surface area is 212 Å². The number of sulfonamides is 2. The molecule has 0 heterocycles. The quantitative estimate of drug-likeness (QED) is 0.408. The van der Waals surface area contributed by atoms with Crippen LogP contribution in [0.3, 0.4) is 0 Å². The lowest BCUT2D eigenvalue weighted by Gasteiger charge is -2.28. The molecular formula is C25H29N3O6S2. The number of hydrogen-bond acceptors (Lipinski definition) is 6. The molecule has 3 aromatic carbocycles. The van der Waals surface area contributed by atoms with Crippen LogP contribution in [0.15, 0.2) is 77.7 Å². The van der Waals surface area contributed by atoms with Crippen molar-refractivity contribution >= 4 is 43.0 Å². The van der Waals surface area contributed by atoms with Crippen molar-refractivity contribution in [3.8, 4) is 5.75 Å². The monoisotopic (exact) mass is 531 g/mol. The number of nitrogens with one attached hydrogen (secondary N) is 2. The highest BCUT2D eigenvalue weighted by Crippen LogP contribution is 2.25. The van der Waals surface area contributed by atoms with E-state index in [-0.39, 0.29) is 4.90 Å².